The second-order valence-electron chi connectivity index (χ2n) is 8.68. The van der Waals surface area contributed by atoms with E-state index in [-0.39, 0.29) is 11.7 Å². The standard InChI is InChI=1S/C25H24F2N6O3/c1-15-20(10-17-4-2-3-5-21(17)36-24(26)27)33-14-19(28-13-22(33)31-15)18-11-29-25(30-12-18)32-8-6-16(7-9-32)23(34)35/h2-5,11-14,16,24H,6-10H2,1H3,(H,34,35). The second-order valence-corrected chi connectivity index (χ2v) is 8.68. The third-order valence-electron chi connectivity index (χ3n) is 6.42. The Bertz CT molecular complexity index is 1380. The summed E-state index contributed by atoms with van der Waals surface area (Å²) in [5, 5.41) is 9.19. The number of hydrogen-bond donors (Lipinski definition) is 1. The van der Waals surface area contributed by atoms with E-state index in [0.29, 0.717) is 60.8 Å². The third kappa shape index (κ3) is 4.81. The minimum Gasteiger partial charge on any atom is -0.481 e. The van der Waals surface area contributed by atoms with Crippen molar-refractivity contribution in [2.45, 2.75) is 32.8 Å². The summed E-state index contributed by atoms with van der Waals surface area (Å²) < 4.78 is 32.3. The number of rotatable bonds is 7. The number of nitrogens with zero attached hydrogens (tertiary/aromatic N) is 6. The van der Waals surface area contributed by atoms with Gasteiger partial charge >= 0.3 is 12.6 Å². The molecule has 4 heterocycles. The fraction of sp³-hybridized carbons (Fsp3) is 0.320. The minimum absolute atomic E-state index is 0.132. The molecular weight excluding hydrogens is 470 g/mol. The van der Waals surface area contributed by atoms with Gasteiger partial charge in [-0.25, -0.2) is 15.0 Å². The monoisotopic (exact) mass is 494 g/mol. The molecule has 5 rings (SSSR count). The molecule has 0 saturated carbocycles. The van der Waals surface area contributed by atoms with E-state index in [1.54, 1.807) is 36.8 Å². The maximum Gasteiger partial charge on any atom is 0.387 e. The first-order valence-electron chi connectivity index (χ1n) is 11.6. The van der Waals surface area contributed by atoms with Crippen LogP contribution in [0.1, 0.15) is 29.8 Å². The molecule has 11 heteroatoms. The fourth-order valence-electron chi connectivity index (χ4n) is 4.47. The smallest absolute Gasteiger partial charge is 0.387 e. The Labute approximate surface area is 205 Å². The zero-order valence-electron chi connectivity index (χ0n) is 19.5. The summed E-state index contributed by atoms with van der Waals surface area (Å²) in [7, 11) is 0. The summed E-state index contributed by atoms with van der Waals surface area (Å²) in [6.07, 6.45) is 8.33. The number of hydrogen-bond acceptors (Lipinski definition) is 7. The van der Waals surface area contributed by atoms with E-state index < -0.39 is 12.6 Å². The summed E-state index contributed by atoms with van der Waals surface area (Å²) in [6, 6.07) is 6.71. The summed E-state index contributed by atoms with van der Waals surface area (Å²) in [4.78, 5) is 31.2. The van der Waals surface area contributed by atoms with Gasteiger partial charge in [-0.05, 0) is 25.8 Å². The molecule has 1 aromatic carbocycles. The van der Waals surface area contributed by atoms with Crippen LogP contribution in [0.5, 0.6) is 5.75 Å². The van der Waals surface area contributed by atoms with Crippen LogP contribution in [0.3, 0.4) is 0 Å². The molecule has 36 heavy (non-hydrogen) atoms. The van der Waals surface area contributed by atoms with E-state index in [4.69, 9.17) is 4.74 Å². The van der Waals surface area contributed by atoms with Crippen LogP contribution in [0.25, 0.3) is 16.9 Å². The first-order chi connectivity index (χ1) is 17.4. The van der Waals surface area contributed by atoms with Gasteiger partial charge in [0.05, 0.1) is 29.2 Å². The van der Waals surface area contributed by atoms with E-state index in [1.165, 1.54) is 6.07 Å². The zero-order valence-corrected chi connectivity index (χ0v) is 19.5. The Kier molecular flexibility index (Phi) is 6.45. The van der Waals surface area contributed by atoms with Crippen LogP contribution >= 0.6 is 0 Å². The predicted molar refractivity (Wildman–Crippen MR) is 127 cm³/mol. The Morgan fingerprint density at radius 3 is 2.56 bits per heavy atom. The highest BCUT2D eigenvalue weighted by Crippen LogP contribution is 2.27. The minimum atomic E-state index is -2.91. The zero-order chi connectivity index (χ0) is 25.2. The Morgan fingerprint density at radius 1 is 1.14 bits per heavy atom. The molecule has 1 fully saturated rings. The molecule has 186 valence electrons. The topological polar surface area (TPSA) is 106 Å². The molecule has 1 saturated heterocycles. The molecule has 4 aromatic rings. The lowest BCUT2D eigenvalue weighted by Crippen LogP contribution is -2.37. The van der Waals surface area contributed by atoms with Crippen molar-refractivity contribution in [3.8, 4) is 17.0 Å². The Balaban J connectivity index is 1.40. The van der Waals surface area contributed by atoms with E-state index in [2.05, 4.69) is 19.9 Å². The van der Waals surface area contributed by atoms with E-state index >= 15 is 0 Å². The number of aliphatic carboxylic acids is 1. The van der Waals surface area contributed by atoms with Gasteiger partial charge in [0, 0.05) is 49.2 Å². The van der Waals surface area contributed by atoms with Gasteiger partial charge < -0.3 is 14.7 Å². The van der Waals surface area contributed by atoms with Gasteiger partial charge in [-0.1, -0.05) is 18.2 Å². The van der Waals surface area contributed by atoms with Crippen LogP contribution in [0.4, 0.5) is 14.7 Å². The molecule has 0 unspecified atom stereocenters. The van der Waals surface area contributed by atoms with Crippen LogP contribution < -0.4 is 9.64 Å². The molecule has 0 bridgehead atoms. The summed E-state index contributed by atoms with van der Waals surface area (Å²) in [5.74, 6) is -0.393. The second kappa shape index (κ2) is 9.84. The van der Waals surface area contributed by atoms with Crippen molar-refractivity contribution in [3.63, 3.8) is 0 Å². The van der Waals surface area contributed by atoms with Crippen LogP contribution in [-0.4, -0.2) is 55.1 Å². The van der Waals surface area contributed by atoms with E-state index in [9.17, 15) is 18.7 Å². The number of aryl methyl sites for hydroxylation is 1. The summed E-state index contributed by atoms with van der Waals surface area (Å²) in [5.41, 5.74) is 4.20. The number of anilines is 1. The van der Waals surface area contributed by atoms with Gasteiger partial charge in [-0.2, -0.15) is 8.78 Å². The molecule has 3 aromatic heterocycles. The van der Waals surface area contributed by atoms with Crippen LogP contribution in [0, 0.1) is 12.8 Å². The number of carbonyl (C=O) groups is 1. The van der Waals surface area contributed by atoms with Crippen LogP contribution in [0.15, 0.2) is 49.1 Å². The number of para-hydroxylation sites is 1. The van der Waals surface area contributed by atoms with Crippen molar-refractivity contribution in [2.75, 3.05) is 18.0 Å². The lowest BCUT2D eigenvalue weighted by Gasteiger charge is -2.29. The van der Waals surface area contributed by atoms with Crippen molar-refractivity contribution in [2.24, 2.45) is 5.92 Å². The maximum atomic E-state index is 12.9. The number of halogens is 2. The number of piperidine rings is 1. The lowest BCUT2D eigenvalue weighted by molar-refractivity contribution is -0.142. The number of carboxylic acids is 1. The van der Waals surface area contributed by atoms with E-state index in [1.807, 2.05) is 22.4 Å². The Hall–Kier alpha value is -4.15. The first kappa shape index (κ1) is 23.6. The van der Waals surface area contributed by atoms with Gasteiger partial charge in [0.25, 0.3) is 0 Å². The van der Waals surface area contributed by atoms with E-state index in [0.717, 1.165) is 11.4 Å². The van der Waals surface area contributed by atoms with Crippen molar-refractivity contribution in [1.29, 1.82) is 0 Å². The first-order valence-corrected chi connectivity index (χ1v) is 11.6. The number of fused-ring (bicyclic) bond motifs is 1. The Morgan fingerprint density at radius 2 is 1.86 bits per heavy atom. The van der Waals surface area contributed by atoms with Gasteiger partial charge in [0.15, 0.2) is 5.65 Å². The molecule has 9 nitrogen and oxygen atoms in total. The maximum absolute atomic E-state index is 12.9. The highest BCUT2D eigenvalue weighted by atomic mass is 19.3. The molecule has 0 aliphatic carbocycles. The summed E-state index contributed by atoms with van der Waals surface area (Å²) >= 11 is 0. The normalized spacial score (nSPS) is 14.5. The number of carboxylic acid groups (broad SMARTS) is 1. The van der Waals surface area contributed by atoms with Crippen molar-refractivity contribution >= 4 is 17.6 Å². The summed E-state index contributed by atoms with van der Waals surface area (Å²) in [6.45, 7) is 0.144. The largest absolute Gasteiger partial charge is 0.481 e. The highest BCUT2D eigenvalue weighted by Gasteiger charge is 2.25. The number of aromatic nitrogens is 5. The molecule has 0 spiro atoms. The van der Waals surface area contributed by atoms with Gasteiger partial charge in [-0.3, -0.25) is 14.2 Å². The van der Waals surface area contributed by atoms with Crippen molar-refractivity contribution in [3.05, 3.63) is 66.0 Å². The average Bonchev–Trinajstić information content (AvgIpc) is 3.19. The fourth-order valence-corrected chi connectivity index (χ4v) is 4.47. The lowest BCUT2D eigenvalue weighted by atomic mass is 9.97. The number of imidazole rings is 1. The number of ether oxygens (including phenoxy) is 1. The molecule has 1 aliphatic heterocycles. The predicted octanol–water partition coefficient (Wildman–Crippen LogP) is 3.99. The molecule has 1 aliphatic rings. The molecule has 1 N–H and O–H groups in total. The molecule has 0 atom stereocenters. The van der Waals surface area contributed by atoms with Gasteiger partial charge in [-0.15, -0.1) is 0 Å². The van der Waals surface area contributed by atoms with Crippen molar-refractivity contribution in [1.82, 2.24) is 24.3 Å². The van der Waals surface area contributed by atoms with Crippen LogP contribution in [-0.2, 0) is 11.2 Å². The molecule has 0 radical (unpaired) electrons. The van der Waals surface area contributed by atoms with Crippen LogP contribution in [0.2, 0.25) is 0 Å². The third-order valence-corrected chi connectivity index (χ3v) is 6.42. The molecule has 0 amide bonds. The SMILES string of the molecule is Cc1nc2cnc(-c3cnc(N4CCC(C(=O)O)CC4)nc3)cn2c1Cc1ccccc1OC(F)F. The van der Waals surface area contributed by atoms with Gasteiger partial charge in [0.1, 0.15) is 5.75 Å². The van der Waals surface area contributed by atoms with Crippen molar-refractivity contribution < 1.29 is 23.4 Å². The quantitative estimate of drug-likeness (QED) is 0.411. The molecular formula is C25H24F2N6O3. The number of benzene rings is 1. The van der Waals surface area contributed by atoms with Gasteiger partial charge in [0.2, 0.25) is 5.95 Å². The number of alkyl halides is 2. The highest BCUT2D eigenvalue weighted by molar-refractivity contribution is 5.70. The average molecular weight is 495 g/mol.